The third kappa shape index (κ3) is 3.84. The molecule has 2 aliphatic heterocycles. The van der Waals surface area contributed by atoms with E-state index in [0.29, 0.717) is 22.6 Å². The van der Waals surface area contributed by atoms with Crippen LogP contribution in [-0.2, 0) is 14.4 Å². The molecule has 0 bridgehead atoms. The fraction of sp³-hybridized carbons (Fsp3) is 0.312. The predicted molar refractivity (Wildman–Crippen MR) is 107 cm³/mol. The summed E-state index contributed by atoms with van der Waals surface area (Å²) in [7, 11) is 0. The molecule has 31 heavy (non-hydrogen) atoms. The molecule has 2 aromatic heterocycles. The number of nitrogens with one attached hydrogen (secondary N) is 1. The van der Waals surface area contributed by atoms with Gasteiger partial charge in [-0.1, -0.05) is 11.8 Å². The quantitative estimate of drug-likeness (QED) is 0.378. The Bertz CT molecular complexity index is 1090. The van der Waals surface area contributed by atoms with Crippen LogP contribution in [0.4, 0.5) is 5.13 Å². The fourth-order valence-corrected chi connectivity index (χ4v) is 4.89. The number of hydrogen-bond acceptors (Lipinski definition) is 12. The van der Waals surface area contributed by atoms with Gasteiger partial charge in [0.2, 0.25) is 6.04 Å². The summed E-state index contributed by atoms with van der Waals surface area (Å²) in [6.45, 7) is 0. The van der Waals surface area contributed by atoms with Crippen molar-refractivity contribution in [2.45, 2.75) is 35.9 Å². The molecule has 4 N–H and O–H groups in total. The molecule has 0 saturated carbocycles. The highest BCUT2D eigenvalue weighted by Gasteiger charge is 2.54. The van der Waals surface area contributed by atoms with Crippen LogP contribution in [-0.4, -0.2) is 59.4 Å². The van der Waals surface area contributed by atoms with E-state index in [2.05, 4.69) is 30.0 Å². The van der Waals surface area contributed by atoms with Gasteiger partial charge < -0.3 is 16.2 Å². The van der Waals surface area contributed by atoms with Gasteiger partial charge >= 0.3 is 5.97 Å². The van der Waals surface area contributed by atoms with Gasteiger partial charge in [-0.3, -0.25) is 14.5 Å². The molecule has 2 aliphatic rings. The summed E-state index contributed by atoms with van der Waals surface area (Å²) in [5, 5.41) is 22.4. The Morgan fingerprint density at radius 2 is 2.23 bits per heavy atom. The highest BCUT2D eigenvalue weighted by molar-refractivity contribution is 8.03. The number of hydrogen-bond donors (Lipinski definition) is 3. The van der Waals surface area contributed by atoms with Gasteiger partial charge in [-0.05, 0) is 24.1 Å². The van der Waals surface area contributed by atoms with E-state index in [1.54, 1.807) is 6.07 Å². The van der Waals surface area contributed by atoms with Crippen molar-refractivity contribution in [3.05, 3.63) is 39.8 Å². The zero-order valence-corrected chi connectivity index (χ0v) is 17.2. The molecule has 1 fully saturated rings. The number of rotatable bonds is 7. The number of anilines is 1. The minimum absolute atomic E-state index is 0.0697. The lowest BCUT2D eigenvalue weighted by Crippen LogP contribution is -2.71. The summed E-state index contributed by atoms with van der Waals surface area (Å²) in [6, 6.07) is -1.40. The minimum Gasteiger partial charge on any atom is -0.477 e. The van der Waals surface area contributed by atoms with Gasteiger partial charge in [0.15, 0.2) is 11.0 Å². The Balaban J connectivity index is 1.51. The molecule has 160 valence electrons. The van der Waals surface area contributed by atoms with Crippen molar-refractivity contribution in [2.24, 2.45) is 5.18 Å². The van der Waals surface area contributed by atoms with Gasteiger partial charge in [-0.25, -0.2) is 9.78 Å². The number of nitrogens with two attached hydrogens (primary N) is 1. The molecular weight excluding hydrogens is 448 g/mol. The molecule has 3 atom stereocenters. The second-order valence-electron chi connectivity index (χ2n) is 6.56. The van der Waals surface area contributed by atoms with Crippen molar-refractivity contribution < 1.29 is 19.5 Å². The first kappa shape index (κ1) is 20.8. The molecule has 13 nitrogen and oxygen atoms in total. The summed E-state index contributed by atoms with van der Waals surface area (Å²) in [5.41, 5.74) is 5.34. The van der Waals surface area contributed by atoms with E-state index in [1.807, 2.05) is 0 Å². The summed E-state index contributed by atoms with van der Waals surface area (Å²) in [4.78, 5) is 54.4. The predicted octanol–water partition coefficient (Wildman–Crippen LogP) is 0.296. The fourth-order valence-electron chi connectivity index (χ4n) is 3.41. The number of carboxylic acid groups (broad SMARTS) is 1. The number of nitroso groups, excluding NO2 is 1. The highest BCUT2D eigenvalue weighted by Crippen LogP contribution is 2.43. The number of nitrogen functional groups attached to an aromatic ring is 1. The van der Waals surface area contributed by atoms with E-state index in [0.717, 1.165) is 16.4 Å². The van der Waals surface area contributed by atoms with E-state index < -0.39 is 35.9 Å². The van der Waals surface area contributed by atoms with Crippen LogP contribution in [0.25, 0.3) is 0 Å². The molecule has 4 heterocycles. The van der Waals surface area contributed by atoms with Crippen LogP contribution >= 0.6 is 23.3 Å². The first-order chi connectivity index (χ1) is 14.9. The van der Waals surface area contributed by atoms with Crippen molar-refractivity contribution in [3.8, 4) is 0 Å². The van der Waals surface area contributed by atoms with Gasteiger partial charge in [0.1, 0.15) is 11.7 Å². The molecule has 15 heteroatoms. The monoisotopic (exact) mass is 462 g/mol. The van der Waals surface area contributed by atoms with Crippen LogP contribution in [0, 0.1) is 4.91 Å². The molecule has 4 rings (SSSR count). The van der Waals surface area contributed by atoms with Crippen molar-refractivity contribution >= 4 is 46.2 Å². The number of β-lactam (4-membered cyclic amide) rings is 1. The number of fused-ring (bicyclic) bond motifs is 1. The average Bonchev–Trinajstić information content (AvgIpc) is 3.18. The molecule has 2 aromatic rings. The molecule has 2 amide bonds. The SMILES string of the molecule is Nc1nc(C(N=O)C(=O)N[C@@H]2C(=O)N3C(C(=O)O)=C(Sc4ccnnc4)CCC23)ns1. The summed E-state index contributed by atoms with van der Waals surface area (Å²) < 4.78 is 3.80. The molecule has 0 radical (unpaired) electrons. The third-order valence-corrected chi connectivity index (χ3v) is 6.42. The Morgan fingerprint density at radius 1 is 1.42 bits per heavy atom. The molecule has 0 aromatic carbocycles. The van der Waals surface area contributed by atoms with E-state index in [9.17, 15) is 24.4 Å². The van der Waals surface area contributed by atoms with Crippen LogP contribution in [0.3, 0.4) is 0 Å². The lowest BCUT2D eigenvalue weighted by molar-refractivity contribution is -0.156. The lowest BCUT2D eigenvalue weighted by atomic mass is 9.86. The number of nitrogens with zero attached hydrogens (tertiary/aromatic N) is 6. The Hall–Kier alpha value is -3.46. The zero-order chi connectivity index (χ0) is 22.1. The Morgan fingerprint density at radius 3 is 2.84 bits per heavy atom. The minimum atomic E-state index is -1.56. The molecule has 2 unspecified atom stereocenters. The van der Waals surface area contributed by atoms with Crippen LogP contribution in [0.1, 0.15) is 24.7 Å². The topological polar surface area (TPSA) is 194 Å². The number of aromatic nitrogens is 4. The largest absolute Gasteiger partial charge is 0.477 e. The lowest BCUT2D eigenvalue weighted by Gasteiger charge is -2.50. The number of carboxylic acids is 1. The van der Waals surface area contributed by atoms with E-state index >= 15 is 0 Å². The van der Waals surface area contributed by atoms with Crippen LogP contribution in [0.15, 0.2) is 39.1 Å². The number of thioether (sulfide) groups is 1. The van der Waals surface area contributed by atoms with E-state index in [-0.39, 0.29) is 16.7 Å². The van der Waals surface area contributed by atoms with Crippen LogP contribution in [0.5, 0.6) is 0 Å². The smallest absolute Gasteiger partial charge is 0.353 e. The number of carbonyl (C=O) groups excluding carboxylic acids is 2. The second-order valence-corrected chi connectivity index (χ2v) is 8.51. The maximum Gasteiger partial charge on any atom is 0.353 e. The number of carbonyl (C=O) groups is 3. The maximum absolute atomic E-state index is 12.7. The van der Waals surface area contributed by atoms with Crippen molar-refractivity contribution in [2.75, 3.05) is 5.73 Å². The molecule has 0 aliphatic carbocycles. The standard InChI is InChI=1S/C16H14N8O5S2/c17-16-21-12(23-31-16)10(22-29)13(25)20-9-7-1-2-8(30-6-3-4-18-19-5-6)11(15(27)28)24(7)14(9)26/h3-5,7,9-10H,1-2H2,(H,20,25)(H,27,28)(H2,17,21,23)/t7?,9-,10?/m0/s1. The Labute approximate surface area is 182 Å². The van der Waals surface area contributed by atoms with Gasteiger partial charge in [-0.15, -0.1) is 4.91 Å². The molecule has 0 spiro atoms. The van der Waals surface area contributed by atoms with Gasteiger partial charge in [0, 0.05) is 21.3 Å². The highest BCUT2D eigenvalue weighted by atomic mass is 32.2. The van der Waals surface area contributed by atoms with Crippen LogP contribution < -0.4 is 11.1 Å². The van der Waals surface area contributed by atoms with Crippen molar-refractivity contribution in [3.63, 3.8) is 0 Å². The molecular formula is C16H14N8O5S2. The van der Waals surface area contributed by atoms with Gasteiger partial charge in [-0.2, -0.15) is 14.6 Å². The number of amides is 2. The summed E-state index contributed by atoms with van der Waals surface area (Å²) in [6.07, 6.45) is 3.79. The Kier molecular flexibility index (Phi) is 5.60. The van der Waals surface area contributed by atoms with Gasteiger partial charge in [0.05, 0.1) is 18.4 Å². The third-order valence-electron chi connectivity index (χ3n) is 4.75. The van der Waals surface area contributed by atoms with Gasteiger partial charge in [0.25, 0.3) is 11.8 Å². The second kappa shape index (κ2) is 8.35. The first-order valence-corrected chi connectivity index (χ1v) is 10.5. The summed E-state index contributed by atoms with van der Waals surface area (Å²) in [5.74, 6) is -2.84. The maximum atomic E-state index is 12.7. The average molecular weight is 462 g/mol. The van der Waals surface area contributed by atoms with Crippen LogP contribution in [0.2, 0.25) is 0 Å². The first-order valence-electron chi connectivity index (χ1n) is 8.86. The van der Waals surface area contributed by atoms with E-state index in [4.69, 9.17) is 5.73 Å². The van der Waals surface area contributed by atoms with Crippen molar-refractivity contribution in [1.29, 1.82) is 0 Å². The normalized spacial score (nSPS) is 21.2. The molecule has 1 saturated heterocycles. The summed E-state index contributed by atoms with van der Waals surface area (Å²) >= 11 is 2.01. The number of aliphatic carboxylic acids is 1. The van der Waals surface area contributed by atoms with Crippen molar-refractivity contribution in [1.82, 2.24) is 29.8 Å². The number of allylic oxidation sites excluding steroid dienone is 1. The zero-order valence-electron chi connectivity index (χ0n) is 15.5. The van der Waals surface area contributed by atoms with E-state index in [1.165, 1.54) is 24.2 Å².